The van der Waals surface area contributed by atoms with E-state index in [0.717, 1.165) is 11.5 Å². The molecule has 1 fully saturated rings. The van der Waals surface area contributed by atoms with Crippen molar-refractivity contribution in [3.8, 4) is 0 Å². The molecule has 2 aliphatic heterocycles. The normalized spacial score (nSPS) is 19.6. The topological polar surface area (TPSA) is 103 Å². The number of guanidine groups is 1. The van der Waals surface area contributed by atoms with Crippen LogP contribution in [0.1, 0.15) is 26.3 Å². The van der Waals surface area contributed by atoms with E-state index in [0.29, 0.717) is 32.7 Å². The number of nitrogens with zero attached hydrogens (tertiary/aromatic N) is 3. The van der Waals surface area contributed by atoms with Gasteiger partial charge in [0.15, 0.2) is 5.96 Å². The Morgan fingerprint density at radius 2 is 1.93 bits per heavy atom. The standard InChI is InChI=1S/C19H29N5O4S/c1-19(2,3)28-18(25)23-9-10-24-15(13-23)12-22-17(24)21-11-14-5-7-16(8-6-14)29(26,27)20-4/h5-8,15,20H,9-13H2,1-4H3,(H,21,22). The van der Waals surface area contributed by atoms with Gasteiger partial charge in [0.05, 0.1) is 17.5 Å². The highest BCUT2D eigenvalue weighted by Crippen LogP contribution is 2.19. The number of ether oxygens (including phenoxy) is 1. The number of fused-ring (bicyclic) bond motifs is 1. The van der Waals surface area contributed by atoms with Crippen molar-refractivity contribution in [2.24, 2.45) is 4.99 Å². The number of hydrogen-bond acceptors (Lipinski definition) is 7. The maximum absolute atomic E-state index is 12.3. The molecule has 1 amide bonds. The molecule has 2 N–H and O–H groups in total. The van der Waals surface area contributed by atoms with Gasteiger partial charge in [-0.3, -0.25) is 4.99 Å². The predicted octanol–water partition coefficient (Wildman–Crippen LogP) is 0.975. The summed E-state index contributed by atoms with van der Waals surface area (Å²) in [6.45, 7) is 8.62. The number of carbonyl (C=O) groups is 1. The Labute approximate surface area is 172 Å². The van der Waals surface area contributed by atoms with Crippen LogP contribution in [0.4, 0.5) is 4.79 Å². The van der Waals surface area contributed by atoms with Crippen molar-refractivity contribution in [3.05, 3.63) is 29.8 Å². The van der Waals surface area contributed by atoms with E-state index in [1.807, 2.05) is 20.8 Å². The first-order chi connectivity index (χ1) is 13.6. The molecule has 1 unspecified atom stereocenters. The van der Waals surface area contributed by atoms with Crippen LogP contribution in [0, 0.1) is 0 Å². The van der Waals surface area contributed by atoms with Crippen LogP contribution in [-0.2, 0) is 21.3 Å². The zero-order valence-electron chi connectivity index (χ0n) is 17.3. The molecule has 0 saturated carbocycles. The number of amides is 1. The molecule has 1 saturated heterocycles. The number of nitrogens with one attached hydrogen (secondary N) is 2. The van der Waals surface area contributed by atoms with Crippen LogP contribution in [-0.4, -0.2) is 75.1 Å². The number of rotatable bonds is 4. The van der Waals surface area contributed by atoms with E-state index in [-0.39, 0.29) is 17.0 Å². The minimum atomic E-state index is -3.43. The van der Waals surface area contributed by atoms with Gasteiger partial charge in [-0.2, -0.15) is 0 Å². The Kier molecular flexibility index (Phi) is 6.04. The van der Waals surface area contributed by atoms with Gasteiger partial charge < -0.3 is 19.9 Å². The third-order valence-corrected chi connectivity index (χ3v) is 6.24. The summed E-state index contributed by atoms with van der Waals surface area (Å²) in [5.41, 5.74) is 0.452. The van der Waals surface area contributed by atoms with E-state index >= 15 is 0 Å². The molecule has 10 heteroatoms. The lowest BCUT2D eigenvalue weighted by Gasteiger charge is -2.39. The average Bonchev–Trinajstić information content (AvgIpc) is 3.07. The molecule has 3 rings (SSSR count). The second-order valence-corrected chi connectivity index (χ2v) is 10.0. The van der Waals surface area contributed by atoms with E-state index < -0.39 is 15.6 Å². The quantitative estimate of drug-likeness (QED) is 0.748. The Morgan fingerprint density at radius 1 is 1.24 bits per heavy atom. The lowest BCUT2D eigenvalue weighted by Crippen LogP contribution is -2.57. The summed E-state index contributed by atoms with van der Waals surface area (Å²) >= 11 is 0. The van der Waals surface area contributed by atoms with Crippen molar-refractivity contribution >= 4 is 22.1 Å². The van der Waals surface area contributed by atoms with Crippen LogP contribution in [0.5, 0.6) is 0 Å². The average molecular weight is 424 g/mol. The fourth-order valence-corrected chi connectivity index (χ4v) is 4.04. The van der Waals surface area contributed by atoms with Crippen molar-refractivity contribution < 1.29 is 17.9 Å². The SMILES string of the molecule is CNS(=O)(=O)c1ccc(CNC2=NCC3CN(C(=O)OC(C)(C)C)CCN23)cc1. The maximum Gasteiger partial charge on any atom is 0.410 e. The molecule has 0 bridgehead atoms. The highest BCUT2D eigenvalue weighted by Gasteiger charge is 2.36. The molecule has 2 aliphatic rings. The predicted molar refractivity (Wildman–Crippen MR) is 110 cm³/mol. The zero-order chi connectivity index (χ0) is 21.2. The van der Waals surface area contributed by atoms with E-state index in [1.165, 1.54) is 7.05 Å². The fraction of sp³-hybridized carbons (Fsp3) is 0.579. The van der Waals surface area contributed by atoms with Crippen LogP contribution < -0.4 is 10.0 Å². The molecule has 0 spiro atoms. The first-order valence-corrected chi connectivity index (χ1v) is 11.1. The molecule has 0 aromatic heterocycles. The van der Waals surface area contributed by atoms with Crippen LogP contribution in [0.25, 0.3) is 0 Å². The Balaban J connectivity index is 1.53. The lowest BCUT2D eigenvalue weighted by molar-refractivity contribution is 0.0137. The smallest absolute Gasteiger partial charge is 0.410 e. The van der Waals surface area contributed by atoms with Crippen molar-refractivity contribution in [2.75, 3.05) is 33.2 Å². The van der Waals surface area contributed by atoms with Crippen molar-refractivity contribution in [2.45, 2.75) is 43.9 Å². The van der Waals surface area contributed by atoms with Gasteiger partial charge in [0.25, 0.3) is 0 Å². The first kappa shape index (κ1) is 21.4. The van der Waals surface area contributed by atoms with Gasteiger partial charge in [-0.25, -0.2) is 17.9 Å². The van der Waals surface area contributed by atoms with E-state index in [2.05, 4.69) is 19.9 Å². The van der Waals surface area contributed by atoms with Crippen LogP contribution >= 0.6 is 0 Å². The largest absolute Gasteiger partial charge is 0.444 e. The number of benzene rings is 1. The van der Waals surface area contributed by atoms with Crippen LogP contribution in [0.2, 0.25) is 0 Å². The van der Waals surface area contributed by atoms with E-state index in [9.17, 15) is 13.2 Å². The molecule has 1 aromatic carbocycles. The summed E-state index contributed by atoms with van der Waals surface area (Å²) < 4.78 is 31.4. The summed E-state index contributed by atoms with van der Waals surface area (Å²) in [6.07, 6.45) is -0.282. The van der Waals surface area contributed by atoms with Gasteiger partial charge >= 0.3 is 6.09 Å². The molecular weight excluding hydrogens is 394 g/mol. The van der Waals surface area contributed by atoms with Gasteiger partial charge in [0.1, 0.15) is 5.60 Å². The molecule has 160 valence electrons. The minimum absolute atomic E-state index is 0.141. The number of hydrogen-bond donors (Lipinski definition) is 2. The number of aliphatic imine (C=N–C) groups is 1. The molecule has 29 heavy (non-hydrogen) atoms. The third kappa shape index (κ3) is 5.18. The molecule has 0 radical (unpaired) electrons. The minimum Gasteiger partial charge on any atom is -0.444 e. The molecule has 0 aliphatic carbocycles. The van der Waals surface area contributed by atoms with Gasteiger partial charge in [0.2, 0.25) is 10.0 Å². The lowest BCUT2D eigenvalue weighted by atomic mass is 10.2. The number of piperazine rings is 1. The van der Waals surface area contributed by atoms with Crippen LogP contribution in [0.3, 0.4) is 0 Å². The molecule has 2 heterocycles. The van der Waals surface area contributed by atoms with Gasteiger partial charge in [-0.1, -0.05) is 12.1 Å². The number of sulfonamides is 1. The zero-order valence-corrected chi connectivity index (χ0v) is 18.1. The summed E-state index contributed by atoms with van der Waals surface area (Å²) in [4.78, 5) is 21.0. The second-order valence-electron chi connectivity index (χ2n) is 8.14. The Morgan fingerprint density at radius 3 is 2.55 bits per heavy atom. The van der Waals surface area contributed by atoms with Crippen molar-refractivity contribution in [1.29, 1.82) is 0 Å². The van der Waals surface area contributed by atoms with Gasteiger partial charge in [-0.05, 0) is 45.5 Å². The van der Waals surface area contributed by atoms with Gasteiger partial charge in [0, 0.05) is 26.2 Å². The Hall–Kier alpha value is -2.33. The van der Waals surface area contributed by atoms with E-state index in [1.54, 1.807) is 29.2 Å². The highest BCUT2D eigenvalue weighted by atomic mass is 32.2. The molecule has 1 aromatic rings. The number of carbonyl (C=O) groups excluding carboxylic acids is 1. The van der Waals surface area contributed by atoms with E-state index in [4.69, 9.17) is 4.74 Å². The Bertz CT molecular complexity index is 877. The summed E-state index contributed by atoms with van der Waals surface area (Å²) in [7, 11) is -2.04. The molecule has 1 atom stereocenters. The van der Waals surface area contributed by atoms with Gasteiger partial charge in [-0.15, -0.1) is 0 Å². The third-order valence-electron chi connectivity index (χ3n) is 4.81. The van der Waals surface area contributed by atoms with Crippen molar-refractivity contribution in [3.63, 3.8) is 0 Å². The highest BCUT2D eigenvalue weighted by molar-refractivity contribution is 7.89. The molecular formula is C19H29N5O4S. The summed E-state index contributed by atoms with van der Waals surface area (Å²) in [5, 5.41) is 3.33. The summed E-state index contributed by atoms with van der Waals surface area (Å²) in [6, 6.07) is 6.88. The molecule has 9 nitrogen and oxygen atoms in total. The monoisotopic (exact) mass is 423 g/mol. The maximum atomic E-state index is 12.3. The first-order valence-electron chi connectivity index (χ1n) is 9.64. The van der Waals surface area contributed by atoms with Crippen LogP contribution in [0.15, 0.2) is 34.2 Å². The second kappa shape index (κ2) is 8.19. The fourth-order valence-electron chi connectivity index (χ4n) is 3.31. The van der Waals surface area contributed by atoms with Crippen molar-refractivity contribution in [1.82, 2.24) is 19.8 Å². The summed E-state index contributed by atoms with van der Waals surface area (Å²) in [5.74, 6) is 0.811.